The van der Waals surface area contributed by atoms with E-state index < -0.39 is 0 Å². The second-order valence-electron chi connectivity index (χ2n) is 5.56. The molecule has 0 atom stereocenters. The summed E-state index contributed by atoms with van der Waals surface area (Å²) in [7, 11) is 0. The molecule has 4 heteroatoms. The van der Waals surface area contributed by atoms with Crippen LogP contribution in [0.4, 0.5) is 0 Å². The Kier molecular flexibility index (Phi) is 6.22. The van der Waals surface area contributed by atoms with E-state index in [0.717, 1.165) is 0 Å². The molecule has 0 heterocycles. The molecule has 1 rings (SSSR count). The van der Waals surface area contributed by atoms with Gasteiger partial charge in [-0.05, 0) is 36.1 Å². The van der Waals surface area contributed by atoms with E-state index in [1.54, 1.807) is 24.3 Å². The van der Waals surface area contributed by atoms with Gasteiger partial charge in [0.25, 0.3) is 0 Å². The SMILES string of the molecule is CC(C)COC(=O)c1ccc(C(=O)OCC(C)C)cc1. The number of carbonyl (C=O) groups excluding carboxylic acids is 2. The highest BCUT2D eigenvalue weighted by Crippen LogP contribution is 2.09. The minimum atomic E-state index is -0.374. The number of esters is 2. The topological polar surface area (TPSA) is 52.6 Å². The van der Waals surface area contributed by atoms with Gasteiger partial charge in [0.05, 0.1) is 24.3 Å². The average Bonchev–Trinajstić information content (AvgIpc) is 2.42. The molecule has 0 aromatic heterocycles. The summed E-state index contributed by atoms with van der Waals surface area (Å²) < 4.78 is 10.2. The van der Waals surface area contributed by atoms with E-state index in [0.29, 0.717) is 36.2 Å². The predicted molar refractivity (Wildman–Crippen MR) is 76.7 cm³/mol. The van der Waals surface area contributed by atoms with Crippen molar-refractivity contribution in [2.75, 3.05) is 13.2 Å². The Labute approximate surface area is 120 Å². The van der Waals surface area contributed by atoms with Gasteiger partial charge in [-0.25, -0.2) is 9.59 Å². The maximum absolute atomic E-state index is 11.7. The first kappa shape index (κ1) is 16.2. The average molecular weight is 278 g/mol. The lowest BCUT2D eigenvalue weighted by Crippen LogP contribution is -2.12. The van der Waals surface area contributed by atoms with E-state index in [2.05, 4.69) is 0 Å². The lowest BCUT2D eigenvalue weighted by Gasteiger charge is -2.08. The summed E-state index contributed by atoms with van der Waals surface area (Å²) in [6.45, 7) is 8.67. The molecule has 20 heavy (non-hydrogen) atoms. The van der Waals surface area contributed by atoms with Crippen LogP contribution < -0.4 is 0 Å². The maximum Gasteiger partial charge on any atom is 0.338 e. The van der Waals surface area contributed by atoms with Gasteiger partial charge >= 0.3 is 11.9 Å². The van der Waals surface area contributed by atoms with E-state index in [1.807, 2.05) is 27.7 Å². The van der Waals surface area contributed by atoms with Crippen LogP contribution in [0.2, 0.25) is 0 Å². The smallest absolute Gasteiger partial charge is 0.338 e. The number of hydrogen-bond donors (Lipinski definition) is 0. The molecule has 0 unspecified atom stereocenters. The molecule has 0 aliphatic rings. The molecular formula is C16H22O4. The van der Waals surface area contributed by atoms with Crippen molar-refractivity contribution in [2.45, 2.75) is 27.7 Å². The summed E-state index contributed by atoms with van der Waals surface area (Å²) in [6.07, 6.45) is 0. The normalized spacial score (nSPS) is 10.7. The molecule has 0 spiro atoms. The molecule has 0 saturated heterocycles. The summed E-state index contributed by atoms with van der Waals surface area (Å²) in [6, 6.07) is 6.31. The van der Waals surface area contributed by atoms with Crippen molar-refractivity contribution in [1.29, 1.82) is 0 Å². The third-order valence-corrected chi connectivity index (χ3v) is 2.45. The Morgan fingerprint density at radius 1 is 0.800 bits per heavy atom. The molecule has 0 amide bonds. The van der Waals surface area contributed by atoms with Gasteiger partial charge in [0.2, 0.25) is 0 Å². The van der Waals surface area contributed by atoms with Crippen LogP contribution in [0.5, 0.6) is 0 Å². The van der Waals surface area contributed by atoms with Crippen molar-refractivity contribution in [1.82, 2.24) is 0 Å². The third-order valence-electron chi connectivity index (χ3n) is 2.45. The standard InChI is InChI=1S/C16H22O4/c1-11(2)9-19-15(17)13-5-7-14(8-6-13)16(18)20-10-12(3)4/h5-8,11-12H,9-10H2,1-4H3. The zero-order valence-electron chi connectivity index (χ0n) is 12.5. The number of rotatable bonds is 6. The van der Waals surface area contributed by atoms with E-state index in [1.165, 1.54) is 0 Å². The molecule has 1 aromatic carbocycles. The van der Waals surface area contributed by atoms with Crippen LogP contribution in [0.1, 0.15) is 48.4 Å². The largest absolute Gasteiger partial charge is 0.462 e. The van der Waals surface area contributed by atoms with Crippen LogP contribution >= 0.6 is 0 Å². The number of ether oxygens (including phenoxy) is 2. The lowest BCUT2D eigenvalue weighted by atomic mass is 10.1. The fraction of sp³-hybridized carbons (Fsp3) is 0.500. The van der Waals surface area contributed by atoms with E-state index >= 15 is 0 Å². The van der Waals surface area contributed by atoms with Gasteiger partial charge in [-0.1, -0.05) is 27.7 Å². The van der Waals surface area contributed by atoms with Gasteiger partial charge in [0.15, 0.2) is 0 Å². The van der Waals surface area contributed by atoms with Crippen LogP contribution in [0.15, 0.2) is 24.3 Å². The third kappa shape index (κ3) is 5.43. The van der Waals surface area contributed by atoms with Gasteiger partial charge in [-0.15, -0.1) is 0 Å². The molecule has 0 aliphatic heterocycles. The zero-order chi connectivity index (χ0) is 15.1. The summed E-state index contributed by atoms with van der Waals surface area (Å²) in [5.41, 5.74) is 0.872. The molecule has 0 radical (unpaired) electrons. The molecule has 0 saturated carbocycles. The van der Waals surface area contributed by atoms with Crippen molar-refractivity contribution in [3.63, 3.8) is 0 Å². The van der Waals surface area contributed by atoms with Crippen LogP contribution in [0, 0.1) is 11.8 Å². The number of carbonyl (C=O) groups is 2. The molecule has 0 N–H and O–H groups in total. The Hall–Kier alpha value is -1.84. The second kappa shape index (κ2) is 7.68. The maximum atomic E-state index is 11.7. The minimum absolute atomic E-state index is 0.296. The lowest BCUT2D eigenvalue weighted by molar-refractivity contribution is 0.0445. The highest BCUT2D eigenvalue weighted by molar-refractivity contribution is 5.93. The van der Waals surface area contributed by atoms with Gasteiger partial charge < -0.3 is 9.47 Å². The predicted octanol–water partition coefficient (Wildman–Crippen LogP) is 3.31. The molecule has 0 bridgehead atoms. The van der Waals surface area contributed by atoms with Crippen molar-refractivity contribution in [3.05, 3.63) is 35.4 Å². The molecule has 0 fully saturated rings. The summed E-state index contributed by atoms with van der Waals surface area (Å²) in [5.74, 6) is -0.157. The quantitative estimate of drug-likeness (QED) is 0.749. The highest BCUT2D eigenvalue weighted by Gasteiger charge is 2.11. The molecule has 110 valence electrons. The molecule has 4 nitrogen and oxygen atoms in total. The van der Waals surface area contributed by atoms with Crippen LogP contribution in [-0.4, -0.2) is 25.2 Å². The Morgan fingerprint density at radius 2 is 1.10 bits per heavy atom. The van der Waals surface area contributed by atoms with Crippen molar-refractivity contribution in [2.24, 2.45) is 11.8 Å². The first-order valence-corrected chi connectivity index (χ1v) is 6.84. The number of hydrogen-bond acceptors (Lipinski definition) is 4. The number of benzene rings is 1. The van der Waals surface area contributed by atoms with Gasteiger partial charge in [-0.2, -0.15) is 0 Å². The Balaban J connectivity index is 2.59. The summed E-state index contributed by atoms with van der Waals surface area (Å²) >= 11 is 0. The highest BCUT2D eigenvalue weighted by atomic mass is 16.5. The van der Waals surface area contributed by atoms with E-state index in [4.69, 9.17) is 9.47 Å². The van der Waals surface area contributed by atoms with Crippen molar-refractivity contribution >= 4 is 11.9 Å². The molecule has 1 aromatic rings. The summed E-state index contributed by atoms with van der Waals surface area (Å²) in [4.78, 5) is 23.4. The van der Waals surface area contributed by atoms with Crippen LogP contribution in [-0.2, 0) is 9.47 Å². The van der Waals surface area contributed by atoms with Crippen LogP contribution in [0.3, 0.4) is 0 Å². The van der Waals surface area contributed by atoms with Crippen LogP contribution in [0.25, 0.3) is 0 Å². The molecule has 0 aliphatic carbocycles. The Morgan fingerprint density at radius 3 is 1.35 bits per heavy atom. The monoisotopic (exact) mass is 278 g/mol. The second-order valence-corrected chi connectivity index (χ2v) is 5.56. The van der Waals surface area contributed by atoms with Gasteiger partial charge in [0.1, 0.15) is 0 Å². The first-order chi connectivity index (χ1) is 9.40. The minimum Gasteiger partial charge on any atom is -0.462 e. The fourth-order valence-electron chi connectivity index (χ4n) is 1.39. The van der Waals surface area contributed by atoms with Crippen molar-refractivity contribution in [3.8, 4) is 0 Å². The van der Waals surface area contributed by atoms with Gasteiger partial charge in [-0.3, -0.25) is 0 Å². The fourth-order valence-corrected chi connectivity index (χ4v) is 1.39. The Bertz CT molecular complexity index is 403. The van der Waals surface area contributed by atoms with E-state index in [-0.39, 0.29) is 11.9 Å². The molecular weight excluding hydrogens is 256 g/mol. The van der Waals surface area contributed by atoms with E-state index in [9.17, 15) is 9.59 Å². The van der Waals surface area contributed by atoms with Crippen molar-refractivity contribution < 1.29 is 19.1 Å². The first-order valence-electron chi connectivity index (χ1n) is 6.84. The van der Waals surface area contributed by atoms with Gasteiger partial charge in [0, 0.05) is 0 Å². The summed E-state index contributed by atoms with van der Waals surface area (Å²) in [5, 5.41) is 0. The zero-order valence-corrected chi connectivity index (χ0v) is 12.5.